The van der Waals surface area contributed by atoms with E-state index < -0.39 is 11.6 Å². The fourth-order valence-corrected chi connectivity index (χ4v) is 3.47. The number of anilines is 1. The van der Waals surface area contributed by atoms with E-state index in [0.717, 1.165) is 12.8 Å². The van der Waals surface area contributed by atoms with Gasteiger partial charge in [0.25, 0.3) is 5.91 Å². The molecular formula is C20H29NO5. The summed E-state index contributed by atoms with van der Waals surface area (Å²) in [5.74, 6) is 0.170. The van der Waals surface area contributed by atoms with Gasteiger partial charge in [0.1, 0.15) is 16.9 Å². The van der Waals surface area contributed by atoms with E-state index in [2.05, 4.69) is 12.2 Å². The molecule has 0 bridgehead atoms. The third-order valence-corrected chi connectivity index (χ3v) is 4.77. The Morgan fingerprint density at radius 1 is 1.27 bits per heavy atom. The van der Waals surface area contributed by atoms with Crippen LogP contribution in [0.15, 0.2) is 18.2 Å². The van der Waals surface area contributed by atoms with E-state index in [1.807, 2.05) is 13.8 Å². The Bertz CT molecular complexity index is 658. The average molecular weight is 363 g/mol. The van der Waals surface area contributed by atoms with Gasteiger partial charge in [0.15, 0.2) is 0 Å². The smallest absolute Gasteiger partial charge is 0.341 e. The van der Waals surface area contributed by atoms with Crippen molar-refractivity contribution >= 4 is 17.6 Å². The minimum absolute atomic E-state index is 0.0839. The van der Waals surface area contributed by atoms with Crippen molar-refractivity contribution in [2.24, 2.45) is 5.92 Å². The number of hydrogen-bond acceptors (Lipinski definition) is 5. The number of methoxy groups -OCH3 is 2. The Morgan fingerprint density at radius 2 is 2.00 bits per heavy atom. The quantitative estimate of drug-likeness (QED) is 0.778. The molecule has 6 heteroatoms. The second kappa shape index (κ2) is 8.54. The van der Waals surface area contributed by atoms with Gasteiger partial charge in [-0.1, -0.05) is 13.3 Å². The lowest BCUT2D eigenvalue weighted by molar-refractivity contribution is -0.143. The maximum Gasteiger partial charge on any atom is 0.341 e. The van der Waals surface area contributed by atoms with Gasteiger partial charge in [-0.2, -0.15) is 0 Å². The SMILES string of the molecule is COC(=O)c1cc(NC(=O)[C@]2(OC)CCC[C@H](C)C2)ccc1OC(C)C. The van der Waals surface area contributed by atoms with Crippen LogP contribution in [0.2, 0.25) is 0 Å². The highest BCUT2D eigenvalue weighted by atomic mass is 16.5. The highest BCUT2D eigenvalue weighted by molar-refractivity contribution is 5.99. The van der Waals surface area contributed by atoms with Crippen molar-refractivity contribution in [2.75, 3.05) is 19.5 Å². The summed E-state index contributed by atoms with van der Waals surface area (Å²) in [6, 6.07) is 4.97. The average Bonchev–Trinajstić information content (AvgIpc) is 2.61. The van der Waals surface area contributed by atoms with Crippen LogP contribution in [0, 0.1) is 5.92 Å². The van der Waals surface area contributed by atoms with Crippen molar-refractivity contribution in [2.45, 2.75) is 58.2 Å². The molecule has 0 spiro atoms. The Hall–Kier alpha value is -2.08. The first-order valence-electron chi connectivity index (χ1n) is 9.07. The Balaban J connectivity index is 2.25. The molecule has 1 amide bonds. The maximum absolute atomic E-state index is 12.9. The van der Waals surface area contributed by atoms with E-state index in [9.17, 15) is 9.59 Å². The minimum atomic E-state index is -0.823. The van der Waals surface area contributed by atoms with Crippen LogP contribution in [-0.4, -0.2) is 37.8 Å². The maximum atomic E-state index is 12.9. The Kier molecular flexibility index (Phi) is 6.64. The Morgan fingerprint density at radius 3 is 2.58 bits per heavy atom. The number of carbonyl (C=O) groups excluding carboxylic acids is 2. The van der Waals surface area contributed by atoms with Crippen molar-refractivity contribution in [1.82, 2.24) is 0 Å². The number of amides is 1. The third-order valence-electron chi connectivity index (χ3n) is 4.77. The molecule has 0 radical (unpaired) electrons. The number of rotatable bonds is 6. The standard InChI is InChI=1S/C20H29NO5/c1-13(2)26-17-9-8-15(11-16(17)18(22)24-4)21-19(23)20(25-5)10-6-7-14(3)12-20/h8-9,11,13-14H,6-7,10,12H2,1-5H3,(H,21,23)/t14-,20-/m0/s1. The van der Waals surface area contributed by atoms with Crippen LogP contribution in [0.5, 0.6) is 5.75 Å². The molecule has 1 aromatic rings. The highest BCUT2D eigenvalue weighted by Gasteiger charge is 2.42. The number of nitrogens with one attached hydrogen (secondary N) is 1. The topological polar surface area (TPSA) is 73.9 Å². The predicted octanol–water partition coefficient (Wildman–Crippen LogP) is 3.79. The molecule has 0 aromatic heterocycles. The van der Waals surface area contributed by atoms with E-state index in [0.29, 0.717) is 30.2 Å². The highest BCUT2D eigenvalue weighted by Crippen LogP contribution is 2.36. The van der Waals surface area contributed by atoms with Crippen LogP contribution in [0.1, 0.15) is 56.8 Å². The lowest BCUT2D eigenvalue weighted by atomic mass is 9.78. The van der Waals surface area contributed by atoms with E-state index >= 15 is 0 Å². The lowest BCUT2D eigenvalue weighted by Gasteiger charge is -2.37. The summed E-state index contributed by atoms with van der Waals surface area (Å²) in [6.45, 7) is 5.89. The monoisotopic (exact) mass is 363 g/mol. The number of ether oxygens (including phenoxy) is 3. The second-order valence-corrected chi connectivity index (χ2v) is 7.22. The molecule has 0 unspecified atom stereocenters. The van der Waals surface area contributed by atoms with E-state index in [1.165, 1.54) is 7.11 Å². The molecular weight excluding hydrogens is 334 g/mol. The van der Waals surface area contributed by atoms with Crippen LogP contribution in [0.25, 0.3) is 0 Å². The third kappa shape index (κ3) is 4.55. The number of esters is 1. The fourth-order valence-electron chi connectivity index (χ4n) is 3.47. The predicted molar refractivity (Wildman–Crippen MR) is 99.5 cm³/mol. The molecule has 0 aliphatic heterocycles. The van der Waals surface area contributed by atoms with Crippen molar-refractivity contribution in [1.29, 1.82) is 0 Å². The molecule has 1 aliphatic rings. The zero-order valence-corrected chi connectivity index (χ0v) is 16.3. The van der Waals surface area contributed by atoms with Gasteiger partial charge in [-0.05, 0) is 57.2 Å². The molecule has 2 atom stereocenters. The van der Waals surface area contributed by atoms with Gasteiger partial charge in [-0.25, -0.2) is 4.79 Å². The number of benzene rings is 1. The fraction of sp³-hybridized carbons (Fsp3) is 0.600. The normalized spacial score (nSPS) is 22.8. The van der Waals surface area contributed by atoms with Gasteiger partial charge in [0, 0.05) is 12.8 Å². The van der Waals surface area contributed by atoms with Gasteiger partial charge in [-0.15, -0.1) is 0 Å². The Labute approximate surface area is 155 Å². The van der Waals surface area contributed by atoms with Crippen molar-refractivity contribution in [3.63, 3.8) is 0 Å². The summed E-state index contributed by atoms with van der Waals surface area (Å²) in [6.07, 6.45) is 3.36. The molecule has 26 heavy (non-hydrogen) atoms. The molecule has 1 aromatic carbocycles. The summed E-state index contributed by atoms with van der Waals surface area (Å²) in [5, 5.41) is 2.90. The van der Waals surface area contributed by atoms with Crippen molar-refractivity contribution in [3.8, 4) is 5.75 Å². The molecule has 0 heterocycles. The summed E-state index contributed by atoms with van der Waals surface area (Å²) in [5.41, 5.74) is -0.0282. The van der Waals surface area contributed by atoms with Crippen LogP contribution in [0.4, 0.5) is 5.69 Å². The van der Waals surface area contributed by atoms with E-state index in [4.69, 9.17) is 14.2 Å². The lowest BCUT2D eigenvalue weighted by Crippen LogP contribution is -2.47. The van der Waals surface area contributed by atoms with E-state index in [1.54, 1.807) is 25.3 Å². The zero-order valence-electron chi connectivity index (χ0n) is 16.3. The zero-order chi connectivity index (χ0) is 19.3. The first-order chi connectivity index (χ1) is 12.3. The first kappa shape index (κ1) is 20.2. The van der Waals surface area contributed by atoms with Crippen LogP contribution in [-0.2, 0) is 14.3 Å². The van der Waals surface area contributed by atoms with Crippen LogP contribution in [0.3, 0.4) is 0 Å². The van der Waals surface area contributed by atoms with Gasteiger partial charge >= 0.3 is 5.97 Å². The van der Waals surface area contributed by atoms with Crippen molar-refractivity contribution < 1.29 is 23.8 Å². The van der Waals surface area contributed by atoms with Crippen molar-refractivity contribution in [3.05, 3.63) is 23.8 Å². The number of hydrogen-bond donors (Lipinski definition) is 1. The van der Waals surface area contributed by atoms with Crippen LogP contribution >= 0.6 is 0 Å². The molecule has 1 N–H and O–H groups in total. The summed E-state index contributed by atoms with van der Waals surface area (Å²) >= 11 is 0. The summed E-state index contributed by atoms with van der Waals surface area (Å²) < 4.78 is 16.1. The molecule has 1 aliphatic carbocycles. The second-order valence-electron chi connectivity index (χ2n) is 7.22. The van der Waals surface area contributed by atoms with Gasteiger partial charge in [0.2, 0.25) is 0 Å². The van der Waals surface area contributed by atoms with Crippen LogP contribution < -0.4 is 10.1 Å². The summed E-state index contributed by atoms with van der Waals surface area (Å²) in [4.78, 5) is 25.0. The van der Waals surface area contributed by atoms with Gasteiger partial charge in [-0.3, -0.25) is 4.79 Å². The molecule has 1 fully saturated rings. The summed E-state index contributed by atoms with van der Waals surface area (Å²) in [7, 11) is 2.90. The molecule has 0 saturated heterocycles. The molecule has 2 rings (SSSR count). The van der Waals surface area contributed by atoms with Gasteiger partial charge in [0.05, 0.1) is 13.2 Å². The van der Waals surface area contributed by atoms with Gasteiger partial charge < -0.3 is 19.5 Å². The van der Waals surface area contributed by atoms with E-state index in [-0.39, 0.29) is 17.6 Å². The number of carbonyl (C=O) groups is 2. The molecule has 1 saturated carbocycles. The molecule has 6 nitrogen and oxygen atoms in total. The minimum Gasteiger partial charge on any atom is -0.490 e. The molecule has 144 valence electrons. The first-order valence-corrected chi connectivity index (χ1v) is 9.07. The largest absolute Gasteiger partial charge is 0.490 e.